The first kappa shape index (κ1) is 25.7. The Labute approximate surface area is 186 Å². The summed E-state index contributed by atoms with van der Waals surface area (Å²) in [5, 5.41) is -0.191. The first-order chi connectivity index (χ1) is 14.2. The molecule has 2 rings (SSSR count). The zero-order chi connectivity index (χ0) is 23.6. The van der Waals surface area contributed by atoms with Crippen LogP contribution in [0.4, 0.5) is 13.2 Å². The summed E-state index contributed by atoms with van der Waals surface area (Å²) >= 11 is 0. The summed E-state index contributed by atoms with van der Waals surface area (Å²) in [6.07, 6.45) is -3.71. The van der Waals surface area contributed by atoms with Crippen molar-refractivity contribution in [1.29, 1.82) is 0 Å². The van der Waals surface area contributed by atoms with E-state index < -0.39 is 16.9 Å². The van der Waals surface area contributed by atoms with Crippen LogP contribution >= 0.6 is 8.58 Å². The summed E-state index contributed by atoms with van der Waals surface area (Å²) in [4.78, 5) is 0. The standard InChI is InChI=1S/C25H34F3O2P/c1-9-24(7,31-21-11-10-16(2)12-19(21)25(26,27)28)20-14-18(23(4,5)6)13-17(3)22(20)30-15-29-8/h10-14,31H,9,15H2,1-8H3. The molecule has 0 radical (unpaired) electrons. The number of benzene rings is 2. The van der Waals surface area contributed by atoms with E-state index in [-0.39, 0.29) is 20.8 Å². The molecule has 2 nitrogen and oxygen atoms in total. The van der Waals surface area contributed by atoms with Crippen molar-refractivity contribution < 1.29 is 22.6 Å². The SMILES string of the molecule is CCC(C)(Pc1ccc(C)cc1C(F)(F)F)c1cc(C(C)(C)C)cc(C)c1OCOC. The summed E-state index contributed by atoms with van der Waals surface area (Å²) in [7, 11) is 1.49. The van der Waals surface area contributed by atoms with Crippen molar-refractivity contribution in [3.05, 3.63) is 58.1 Å². The molecule has 0 spiro atoms. The average molecular weight is 455 g/mol. The van der Waals surface area contributed by atoms with Crippen LogP contribution in [0, 0.1) is 13.8 Å². The van der Waals surface area contributed by atoms with Crippen LogP contribution < -0.4 is 10.0 Å². The summed E-state index contributed by atoms with van der Waals surface area (Å²) < 4.78 is 52.5. The zero-order valence-electron chi connectivity index (χ0n) is 19.8. The minimum atomic E-state index is -4.39. The number of rotatable bonds is 7. The number of hydrogen-bond donors (Lipinski definition) is 0. The first-order valence-corrected chi connectivity index (χ1v) is 11.5. The molecule has 0 saturated heterocycles. The molecule has 2 unspecified atom stereocenters. The van der Waals surface area contributed by atoms with Crippen molar-refractivity contribution in [2.45, 2.75) is 71.6 Å². The van der Waals surface area contributed by atoms with Crippen molar-refractivity contribution >= 4 is 13.9 Å². The van der Waals surface area contributed by atoms with E-state index in [0.29, 0.717) is 23.0 Å². The fraction of sp³-hybridized carbons (Fsp3) is 0.520. The molecule has 0 fully saturated rings. The fourth-order valence-electron chi connectivity index (χ4n) is 3.57. The number of hydrogen-bond acceptors (Lipinski definition) is 2. The molecule has 2 atom stereocenters. The molecule has 6 heteroatoms. The second-order valence-corrected chi connectivity index (χ2v) is 11.2. The Kier molecular flexibility index (Phi) is 7.87. The maximum atomic E-state index is 13.8. The molecule has 31 heavy (non-hydrogen) atoms. The topological polar surface area (TPSA) is 18.5 Å². The Morgan fingerprint density at radius 3 is 2.10 bits per heavy atom. The van der Waals surface area contributed by atoms with Gasteiger partial charge in [-0.25, -0.2) is 0 Å². The van der Waals surface area contributed by atoms with E-state index in [4.69, 9.17) is 9.47 Å². The van der Waals surface area contributed by atoms with Crippen molar-refractivity contribution in [3.63, 3.8) is 0 Å². The van der Waals surface area contributed by atoms with Gasteiger partial charge in [-0.2, -0.15) is 13.2 Å². The molecule has 2 aromatic carbocycles. The molecule has 0 amide bonds. The highest BCUT2D eigenvalue weighted by molar-refractivity contribution is 7.48. The van der Waals surface area contributed by atoms with Gasteiger partial charge in [-0.3, -0.25) is 0 Å². The van der Waals surface area contributed by atoms with Crippen molar-refractivity contribution in [1.82, 2.24) is 0 Å². The normalized spacial score (nSPS) is 14.8. The van der Waals surface area contributed by atoms with Crippen LogP contribution in [-0.4, -0.2) is 13.9 Å². The van der Waals surface area contributed by atoms with Gasteiger partial charge in [0.15, 0.2) is 6.79 Å². The van der Waals surface area contributed by atoms with Gasteiger partial charge >= 0.3 is 6.18 Å². The van der Waals surface area contributed by atoms with E-state index >= 15 is 0 Å². The molecule has 0 bridgehead atoms. The summed E-state index contributed by atoms with van der Waals surface area (Å²) in [5.41, 5.74) is 2.99. The largest absolute Gasteiger partial charge is 0.467 e. The quantitative estimate of drug-likeness (QED) is 0.325. The van der Waals surface area contributed by atoms with Crippen LogP contribution in [-0.2, 0) is 21.5 Å². The van der Waals surface area contributed by atoms with Gasteiger partial charge in [0.25, 0.3) is 0 Å². The zero-order valence-corrected chi connectivity index (χ0v) is 20.8. The molecule has 0 aliphatic carbocycles. The van der Waals surface area contributed by atoms with Crippen molar-refractivity contribution in [3.8, 4) is 5.75 Å². The predicted octanol–water partition coefficient (Wildman–Crippen LogP) is 7.23. The third kappa shape index (κ3) is 6.02. The Balaban J connectivity index is 2.69. The minimum absolute atomic E-state index is 0.0685. The van der Waals surface area contributed by atoms with E-state index in [2.05, 4.69) is 32.9 Å². The summed E-state index contributed by atoms with van der Waals surface area (Å²) in [5.74, 6) is 0.701. The molecule has 172 valence electrons. The van der Waals surface area contributed by atoms with Gasteiger partial charge in [-0.1, -0.05) is 73.0 Å². The molecule has 0 aliphatic heterocycles. The van der Waals surface area contributed by atoms with E-state index in [9.17, 15) is 13.2 Å². The molecule has 0 heterocycles. The van der Waals surface area contributed by atoms with Gasteiger partial charge in [0.2, 0.25) is 0 Å². The lowest BCUT2D eigenvalue weighted by molar-refractivity contribution is -0.136. The average Bonchev–Trinajstić information content (AvgIpc) is 2.66. The lowest BCUT2D eigenvalue weighted by Crippen LogP contribution is -2.25. The molecule has 2 aromatic rings. The third-order valence-electron chi connectivity index (χ3n) is 5.65. The van der Waals surface area contributed by atoms with Crippen molar-refractivity contribution in [2.24, 2.45) is 0 Å². The summed E-state index contributed by atoms with van der Waals surface area (Å²) in [6, 6.07) is 8.84. The number of halogens is 3. The number of alkyl halides is 3. The molecular formula is C25H34F3O2P. The fourth-order valence-corrected chi connectivity index (χ4v) is 5.18. The van der Waals surface area contributed by atoms with Gasteiger partial charge in [0, 0.05) is 17.8 Å². The highest BCUT2D eigenvalue weighted by Gasteiger charge is 2.37. The molecule has 0 aromatic heterocycles. The lowest BCUT2D eigenvalue weighted by atomic mass is 9.82. The van der Waals surface area contributed by atoms with E-state index in [1.807, 2.05) is 20.8 Å². The smallest absolute Gasteiger partial charge is 0.417 e. The highest BCUT2D eigenvalue weighted by atomic mass is 31.1. The predicted molar refractivity (Wildman–Crippen MR) is 124 cm³/mol. The van der Waals surface area contributed by atoms with Crippen LogP contribution in [0.5, 0.6) is 5.75 Å². The van der Waals surface area contributed by atoms with Crippen molar-refractivity contribution in [2.75, 3.05) is 13.9 Å². The lowest BCUT2D eigenvalue weighted by Gasteiger charge is -2.34. The second kappa shape index (κ2) is 9.50. The van der Waals surface area contributed by atoms with Crippen LogP contribution in [0.1, 0.15) is 68.9 Å². The van der Waals surface area contributed by atoms with Crippen LogP contribution in [0.3, 0.4) is 0 Å². The first-order valence-electron chi connectivity index (χ1n) is 10.5. The second-order valence-electron chi connectivity index (χ2n) is 9.33. The third-order valence-corrected chi connectivity index (χ3v) is 7.53. The molecular weight excluding hydrogens is 420 g/mol. The van der Waals surface area contributed by atoms with Gasteiger partial charge in [0.05, 0.1) is 5.56 Å². The highest BCUT2D eigenvalue weighted by Crippen LogP contribution is 2.50. The monoisotopic (exact) mass is 454 g/mol. The van der Waals surface area contributed by atoms with Gasteiger partial charge < -0.3 is 9.47 Å². The minimum Gasteiger partial charge on any atom is -0.467 e. The number of methoxy groups -OCH3 is 1. The molecule has 0 saturated carbocycles. The van der Waals surface area contributed by atoms with Crippen LogP contribution in [0.2, 0.25) is 0 Å². The van der Waals surface area contributed by atoms with Gasteiger partial charge in [0.1, 0.15) is 5.75 Å². The van der Waals surface area contributed by atoms with Gasteiger partial charge in [-0.15, -0.1) is 0 Å². The van der Waals surface area contributed by atoms with E-state index in [1.165, 1.54) is 6.07 Å². The molecule has 0 aliphatic rings. The van der Waals surface area contributed by atoms with Crippen LogP contribution in [0.25, 0.3) is 0 Å². The number of ether oxygens (including phenoxy) is 2. The van der Waals surface area contributed by atoms with Crippen LogP contribution in [0.15, 0.2) is 30.3 Å². The molecule has 0 N–H and O–H groups in total. The Hall–Kier alpha value is -1.58. The van der Waals surface area contributed by atoms with Gasteiger partial charge in [-0.05, 0) is 48.2 Å². The summed E-state index contributed by atoms with van der Waals surface area (Å²) in [6.45, 7) is 14.2. The Morgan fingerprint density at radius 2 is 1.58 bits per heavy atom. The maximum absolute atomic E-state index is 13.8. The van der Waals surface area contributed by atoms with E-state index in [1.54, 1.807) is 26.2 Å². The Morgan fingerprint density at radius 1 is 0.935 bits per heavy atom. The maximum Gasteiger partial charge on any atom is 0.417 e. The van der Waals surface area contributed by atoms with E-state index in [0.717, 1.165) is 16.7 Å². The number of aryl methyl sites for hydroxylation is 2. The Bertz CT molecular complexity index is 916.